The molecule has 10 nitrogen and oxygen atoms in total. The van der Waals surface area contributed by atoms with E-state index in [1.807, 2.05) is 55.3 Å². The molecule has 1 atom stereocenters. The van der Waals surface area contributed by atoms with Gasteiger partial charge in [-0.1, -0.05) is 25.4 Å². The molecule has 4 aromatic rings. The van der Waals surface area contributed by atoms with Crippen LogP contribution in [0.5, 0.6) is 0 Å². The molecule has 0 bridgehead atoms. The van der Waals surface area contributed by atoms with E-state index >= 15 is 0 Å². The minimum atomic E-state index is -1.06. The number of H-pyrrole nitrogens is 2. The number of nitrogens with zero attached hydrogens (tertiary/aromatic N) is 4. The second kappa shape index (κ2) is 8.72. The predicted octanol–water partition coefficient (Wildman–Crippen LogP) is 3.32. The molecule has 3 N–H and O–H groups in total. The maximum absolute atomic E-state index is 13.3. The minimum Gasteiger partial charge on any atom is -0.478 e. The molecule has 1 unspecified atom stereocenters. The lowest BCUT2D eigenvalue weighted by molar-refractivity contribution is 0.0697. The number of hydrogen-bond donors (Lipinski definition) is 3. The van der Waals surface area contributed by atoms with Crippen molar-refractivity contribution in [1.82, 2.24) is 24.1 Å². The van der Waals surface area contributed by atoms with E-state index in [4.69, 9.17) is 11.6 Å². The van der Waals surface area contributed by atoms with Gasteiger partial charge in [-0.15, -0.1) is 0 Å². The largest absolute Gasteiger partial charge is 0.478 e. The van der Waals surface area contributed by atoms with E-state index in [0.29, 0.717) is 35.2 Å². The molecule has 5 rings (SSSR count). The number of nitrogens with one attached hydrogen (secondary N) is 2. The van der Waals surface area contributed by atoms with Gasteiger partial charge in [-0.05, 0) is 35.7 Å². The summed E-state index contributed by atoms with van der Waals surface area (Å²) in [6, 6.07) is 6.55. The van der Waals surface area contributed by atoms with Crippen molar-refractivity contribution in [2.75, 3.05) is 12.1 Å². The van der Waals surface area contributed by atoms with E-state index in [-0.39, 0.29) is 11.5 Å². The highest BCUT2D eigenvalue weighted by molar-refractivity contribution is 6.31. The fraction of sp³-hybridized carbons (Fsp3) is 0.320. The van der Waals surface area contributed by atoms with Crippen LogP contribution >= 0.6 is 11.6 Å². The first kappa shape index (κ1) is 24.0. The number of halogens is 1. The average Bonchev–Trinajstić information content (AvgIpc) is 3.46. The van der Waals surface area contributed by atoms with Crippen LogP contribution in [0, 0.1) is 5.92 Å². The number of aryl methyl sites for hydroxylation is 1. The number of carbonyl (C=O) groups is 1. The average molecular weight is 511 g/mol. The van der Waals surface area contributed by atoms with Crippen molar-refractivity contribution in [3.63, 3.8) is 0 Å². The maximum Gasteiger partial charge on any atom is 0.337 e. The summed E-state index contributed by atoms with van der Waals surface area (Å²) in [6.07, 6.45) is 3.42. The van der Waals surface area contributed by atoms with Gasteiger partial charge < -0.3 is 14.7 Å². The number of carboxylic acids is 1. The van der Waals surface area contributed by atoms with Gasteiger partial charge in [-0.25, -0.2) is 14.6 Å². The molecule has 0 fully saturated rings. The van der Waals surface area contributed by atoms with E-state index in [0.717, 1.165) is 16.5 Å². The number of fused-ring (bicyclic) bond motifs is 2. The molecule has 3 aromatic heterocycles. The second-order valence-electron chi connectivity index (χ2n) is 9.60. The summed E-state index contributed by atoms with van der Waals surface area (Å²) in [7, 11) is 3.57. The summed E-state index contributed by atoms with van der Waals surface area (Å²) in [5.74, 6) is -0.402. The molecule has 1 aliphatic heterocycles. The number of aromatic amines is 2. The maximum atomic E-state index is 13.3. The quantitative estimate of drug-likeness (QED) is 0.366. The van der Waals surface area contributed by atoms with Gasteiger partial charge in [0.15, 0.2) is 0 Å². The molecular formula is C25H27ClN6O4. The second-order valence-corrected chi connectivity index (χ2v) is 10.0. The molecule has 4 heterocycles. The smallest absolute Gasteiger partial charge is 0.337 e. The Balaban J connectivity index is 1.73. The van der Waals surface area contributed by atoms with Gasteiger partial charge in [0.2, 0.25) is 0 Å². The molecule has 1 aliphatic rings. The molecule has 0 spiro atoms. The topological polar surface area (TPSA) is 119 Å². The Kier molecular flexibility index (Phi) is 5.80. The highest BCUT2D eigenvalue weighted by atomic mass is 35.5. The van der Waals surface area contributed by atoms with Gasteiger partial charge in [0, 0.05) is 61.2 Å². The van der Waals surface area contributed by atoms with E-state index in [9.17, 15) is 19.5 Å². The molecular weight excluding hydrogens is 484 g/mol. The zero-order chi connectivity index (χ0) is 25.9. The van der Waals surface area contributed by atoms with E-state index in [2.05, 4.69) is 9.97 Å². The number of hydrazine groups is 1. The van der Waals surface area contributed by atoms with Crippen LogP contribution in [0.25, 0.3) is 10.9 Å². The molecule has 36 heavy (non-hydrogen) atoms. The fourth-order valence-corrected chi connectivity index (χ4v) is 5.25. The molecule has 188 valence electrons. The van der Waals surface area contributed by atoms with Gasteiger partial charge in [-0.3, -0.25) is 19.4 Å². The fourth-order valence-electron chi connectivity index (χ4n) is 5.07. The Hall–Kier alpha value is -3.76. The number of benzene rings is 1. The number of rotatable bonds is 6. The third kappa shape index (κ3) is 3.82. The summed E-state index contributed by atoms with van der Waals surface area (Å²) in [4.78, 5) is 43.6. The Morgan fingerprint density at radius 1 is 1.19 bits per heavy atom. The van der Waals surface area contributed by atoms with Gasteiger partial charge in [-0.2, -0.15) is 0 Å². The molecule has 0 amide bonds. The summed E-state index contributed by atoms with van der Waals surface area (Å²) in [5.41, 5.74) is 2.04. The number of aromatic nitrogens is 4. The van der Waals surface area contributed by atoms with Gasteiger partial charge >= 0.3 is 11.7 Å². The van der Waals surface area contributed by atoms with Crippen molar-refractivity contribution >= 4 is 34.3 Å². The van der Waals surface area contributed by atoms with Gasteiger partial charge in [0.25, 0.3) is 5.56 Å². The Labute approximate surface area is 211 Å². The number of anilines is 1. The number of hydrogen-bond acceptors (Lipinski definition) is 5. The van der Waals surface area contributed by atoms with Crippen LogP contribution < -0.4 is 16.3 Å². The van der Waals surface area contributed by atoms with Crippen molar-refractivity contribution in [3.8, 4) is 0 Å². The van der Waals surface area contributed by atoms with Crippen molar-refractivity contribution < 1.29 is 9.90 Å². The third-order valence-electron chi connectivity index (χ3n) is 6.65. The Morgan fingerprint density at radius 3 is 2.61 bits per heavy atom. The standard InChI is InChI=1S/C25H27ClN6O4/c1-13(2)10-31-23-20(22(33)28-25(31)36)21(19-7-14(24(34)35)11-29(19)3)32(30(23)4)12-15-9-27-18-6-5-16(26)8-17(15)18/h5-9,11,13,21,27H,10,12H2,1-4H3,(H,34,35)(H,28,33,36). The van der Waals surface area contributed by atoms with Gasteiger partial charge in [0.05, 0.1) is 11.1 Å². The van der Waals surface area contributed by atoms with Crippen LogP contribution in [-0.2, 0) is 20.1 Å². The minimum absolute atomic E-state index is 0.120. The van der Waals surface area contributed by atoms with Crippen LogP contribution in [0.1, 0.15) is 47.1 Å². The van der Waals surface area contributed by atoms with Crippen LogP contribution in [-0.4, -0.2) is 42.2 Å². The molecule has 0 aliphatic carbocycles. The number of aromatic carboxylic acids is 1. The first-order chi connectivity index (χ1) is 17.1. The van der Waals surface area contributed by atoms with Crippen LogP contribution in [0.15, 0.2) is 46.2 Å². The molecule has 11 heteroatoms. The summed E-state index contributed by atoms with van der Waals surface area (Å²) >= 11 is 6.27. The first-order valence-electron chi connectivity index (χ1n) is 11.6. The van der Waals surface area contributed by atoms with Crippen molar-refractivity contribution in [3.05, 3.63) is 84.9 Å². The summed E-state index contributed by atoms with van der Waals surface area (Å²) < 4.78 is 3.30. The molecule has 0 saturated heterocycles. The van der Waals surface area contributed by atoms with E-state index in [1.165, 1.54) is 6.20 Å². The van der Waals surface area contributed by atoms with Crippen molar-refractivity contribution in [2.45, 2.75) is 33.0 Å². The van der Waals surface area contributed by atoms with Crippen LogP contribution in [0.3, 0.4) is 0 Å². The summed E-state index contributed by atoms with van der Waals surface area (Å²) in [6.45, 7) is 4.79. The van der Waals surface area contributed by atoms with Crippen LogP contribution in [0.2, 0.25) is 5.02 Å². The predicted molar refractivity (Wildman–Crippen MR) is 138 cm³/mol. The first-order valence-corrected chi connectivity index (χ1v) is 12.0. The lowest BCUT2D eigenvalue weighted by Crippen LogP contribution is -2.39. The molecule has 0 saturated carbocycles. The zero-order valence-electron chi connectivity index (χ0n) is 20.4. The van der Waals surface area contributed by atoms with Crippen LogP contribution in [0.4, 0.5) is 5.82 Å². The highest BCUT2D eigenvalue weighted by Gasteiger charge is 2.42. The zero-order valence-corrected chi connectivity index (χ0v) is 21.1. The molecule has 0 radical (unpaired) electrons. The monoisotopic (exact) mass is 510 g/mol. The third-order valence-corrected chi connectivity index (χ3v) is 6.89. The van der Waals surface area contributed by atoms with Crippen molar-refractivity contribution in [2.24, 2.45) is 13.0 Å². The van der Waals surface area contributed by atoms with Gasteiger partial charge in [0.1, 0.15) is 11.9 Å². The lowest BCUT2D eigenvalue weighted by Gasteiger charge is -2.31. The molecule has 1 aromatic carbocycles. The van der Waals surface area contributed by atoms with Crippen molar-refractivity contribution in [1.29, 1.82) is 0 Å². The summed E-state index contributed by atoms with van der Waals surface area (Å²) in [5, 5.41) is 14.9. The lowest BCUT2D eigenvalue weighted by atomic mass is 10.0. The normalized spacial score (nSPS) is 15.8. The SMILES string of the molecule is CC(C)Cn1c2c(c(=O)[nH]c1=O)C(c1cc(C(=O)O)cn1C)N(Cc1c[nH]c3ccc(Cl)cc13)N2C. The van der Waals surface area contributed by atoms with E-state index < -0.39 is 23.3 Å². The Bertz CT molecular complexity index is 1610. The highest BCUT2D eigenvalue weighted by Crippen LogP contribution is 2.42. The van der Waals surface area contributed by atoms with E-state index in [1.54, 1.807) is 22.2 Å². The number of carboxylic acid groups (broad SMARTS) is 1. The Morgan fingerprint density at radius 2 is 1.94 bits per heavy atom.